The van der Waals surface area contributed by atoms with Crippen LogP contribution >= 0.6 is 23.1 Å². The molecule has 0 unspecified atom stereocenters. The Hall–Kier alpha value is -1.74. The Morgan fingerprint density at radius 1 is 1.50 bits per heavy atom. The van der Waals surface area contributed by atoms with Gasteiger partial charge in [-0.05, 0) is 18.8 Å². The Morgan fingerprint density at radius 2 is 2.29 bits per heavy atom. The molecule has 8 nitrogen and oxygen atoms in total. The summed E-state index contributed by atoms with van der Waals surface area (Å²) in [7, 11) is 0. The Kier molecular flexibility index (Phi) is 4.73. The molecule has 10 heteroatoms. The fraction of sp³-hybridized carbons (Fsp3) is 0.643. The number of nitrogens with one attached hydrogen (secondary N) is 1. The van der Waals surface area contributed by atoms with Crippen LogP contribution in [0.25, 0.3) is 0 Å². The molecule has 2 atom stereocenters. The van der Waals surface area contributed by atoms with Gasteiger partial charge in [0.05, 0.1) is 0 Å². The summed E-state index contributed by atoms with van der Waals surface area (Å²) in [6.45, 7) is 1.39. The van der Waals surface area contributed by atoms with Crippen LogP contribution in [-0.2, 0) is 20.9 Å². The molecular weight excluding hydrogens is 356 g/mol. The van der Waals surface area contributed by atoms with E-state index in [-0.39, 0.29) is 18.4 Å². The number of urea groups is 1. The quantitative estimate of drug-likeness (QED) is 0.638. The maximum atomic E-state index is 12.7. The molecular formula is C14H17ClN4O4S. The number of halogens is 1. The minimum absolute atomic E-state index is 0.0450. The number of carbonyl (C=O) groups excluding carboxylic acids is 3. The number of amides is 3. The van der Waals surface area contributed by atoms with Gasteiger partial charge in [0, 0.05) is 11.5 Å². The van der Waals surface area contributed by atoms with Crippen LogP contribution in [0.1, 0.15) is 38.3 Å². The standard InChI is InChI=1S/C14H17ClN4O4S/c1-8-4-2-3-5-14(8)12(21)19(13(22)16-14)6-10(20)23-7-9-11(15)24-18-17-9/h8H,2-7H2,1H3,(H,16,22)/t8-,14-/m1/s1. The largest absolute Gasteiger partial charge is 0.458 e. The molecule has 1 spiro atoms. The van der Waals surface area contributed by atoms with Gasteiger partial charge in [0.25, 0.3) is 5.91 Å². The van der Waals surface area contributed by atoms with E-state index >= 15 is 0 Å². The monoisotopic (exact) mass is 372 g/mol. The predicted octanol–water partition coefficient (Wildman–Crippen LogP) is 1.74. The van der Waals surface area contributed by atoms with Gasteiger partial charge in [-0.15, -0.1) is 5.10 Å². The van der Waals surface area contributed by atoms with Crippen molar-refractivity contribution < 1.29 is 19.1 Å². The third-order valence-electron chi connectivity index (χ3n) is 4.67. The van der Waals surface area contributed by atoms with Crippen LogP contribution in [0.4, 0.5) is 4.79 Å². The van der Waals surface area contributed by atoms with Crippen molar-refractivity contribution in [2.45, 2.75) is 44.8 Å². The highest BCUT2D eigenvalue weighted by atomic mass is 35.5. The van der Waals surface area contributed by atoms with Crippen LogP contribution in [0.5, 0.6) is 0 Å². The van der Waals surface area contributed by atoms with Gasteiger partial charge >= 0.3 is 12.0 Å². The summed E-state index contributed by atoms with van der Waals surface area (Å²) in [4.78, 5) is 37.8. The Morgan fingerprint density at radius 3 is 2.96 bits per heavy atom. The average molecular weight is 373 g/mol. The van der Waals surface area contributed by atoms with E-state index in [0.29, 0.717) is 16.5 Å². The summed E-state index contributed by atoms with van der Waals surface area (Å²) in [5, 5.41) is 6.52. The number of ether oxygens (including phenoxy) is 1. The van der Waals surface area contributed by atoms with Gasteiger partial charge in [-0.3, -0.25) is 14.5 Å². The van der Waals surface area contributed by atoms with Crippen molar-refractivity contribution in [2.75, 3.05) is 6.54 Å². The minimum atomic E-state index is -0.877. The molecule has 0 radical (unpaired) electrons. The van der Waals surface area contributed by atoms with E-state index in [1.54, 1.807) is 0 Å². The fourth-order valence-electron chi connectivity index (χ4n) is 3.25. The predicted molar refractivity (Wildman–Crippen MR) is 85.3 cm³/mol. The lowest BCUT2D eigenvalue weighted by Gasteiger charge is -2.36. The Bertz CT molecular complexity index is 681. The van der Waals surface area contributed by atoms with Gasteiger partial charge in [0.15, 0.2) is 0 Å². The molecule has 0 aromatic carbocycles. The van der Waals surface area contributed by atoms with E-state index in [1.165, 1.54) is 0 Å². The smallest absolute Gasteiger partial charge is 0.326 e. The van der Waals surface area contributed by atoms with Crippen LogP contribution < -0.4 is 5.32 Å². The number of hydrogen-bond acceptors (Lipinski definition) is 7. The van der Waals surface area contributed by atoms with Crippen molar-refractivity contribution in [1.29, 1.82) is 0 Å². The first-order valence-electron chi connectivity index (χ1n) is 7.70. The number of hydrogen-bond donors (Lipinski definition) is 1. The minimum Gasteiger partial charge on any atom is -0.458 e. The van der Waals surface area contributed by atoms with E-state index < -0.39 is 24.1 Å². The fourth-order valence-corrected chi connectivity index (χ4v) is 3.85. The maximum Gasteiger partial charge on any atom is 0.326 e. The Labute approximate surface area is 147 Å². The number of rotatable bonds is 4. The molecule has 130 valence electrons. The lowest BCUT2D eigenvalue weighted by Crippen LogP contribution is -2.54. The van der Waals surface area contributed by atoms with Crippen LogP contribution in [-0.4, -0.2) is 44.5 Å². The molecule has 3 amide bonds. The van der Waals surface area contributed by atoms with Crippen molar-refractivity contribution in [1.82, 2.24) is 19.8 Å². The highest BCUT2D eigenvalue weighted by molar-refractivity contribution is 7.10. The summed E-state index contributed by atoms with van der Waals surface area (Å²) in [6.07, 6.45) is 3.39. The highest BCUT2D eigenvalue weighted by Gasteiger charge is 2.55. The topological polar surface area (TPSA) is 101 Å². The van der Waals surface area contributed by atoms with Gasteiger partial charge < -0.3 is 10.1 Å². The molecule has 2 aliphatic rings. The number of imide groups is 1. The molecule has 2 heterocycles. The van der Waals surface area contributed by atoms with Gasteiger partial charge in [0.2, 0.25) is 0 Å². The first-order valence-corrected chi connectivity index (χ1v) is 8.85. The third kappa shape index (κ3) is 2.98. The van der Waals surface area contributed by atoms with Crippen molar-refractivity contribution in [3.63, 3.8) is 0 Å². The third-order valence-corrected chi connectivity index (χ3v) is 5.65. The first-order chi connectivity index (χ1) is 11.4. The molecule has 1 aliphatic heterocycles. The van der Waals surface area contributed by atoms with Crippen LogP contribution in [0.15, 0.2) is 0 Å². The number of nitrogens with zero attached hydrogens (tertiary/aromatic N) is 3. The van der Waals surface area contributed by atoms with Crippen LogP contribution in [0.3, 0.4) is 0 Å². The van der Waals surface area contributed by atoms with Crippen molar-refractivity contribution in [3.05, 3.63) is 10.0 Å². The Balaban J connectivity index is 1.62. The second-order valence-corrected chi connectivity index (χ2v) is 7.45. The lowest BCUT2D eigenvalue weighted by atomic mass is 9.73. The molecule has 3 rings (SSSR count). The van der Waals surface area contributed by atoms with E-state index in [9.17, 15) is 14.4 Å². The van der Waals surface area contributed by atoms with Gasteiger partial charge in [-0.2, -0.15) is 0 Å². The summed E-state index contributed by atoms with van der Waals surface area (Å²) >= 11 is 6.82. The highest BCUT2D eigenvalue weighted by Crippen LogP contribution is 2.38. The molecule has 24 heavy (non-hydrogen) atoms. The molecule has 1 aromatic rings. The first kappa shape index (κ1) is 17.1. The van der Waals surface area contributed by atoms with Crippen molar-refractivity contribution in [2.24, 2.45) is 5.92 Å². The summed E-state index contributed by atoms with van der Waals surface area (Å²) in [6, 6.07) is -0.543. The molecule has 2 fully saturated rings. The number of esters is 1. The SMILES string of the molecule is C[C@@H]1CCCC[C@@]12NC(=O)N(CC(=O)OCc1nnsc1Cl)C2=O. The molecule has 1 aliphatic carbocycles. The van der Waals surface area contributed by atoms with E-state index in [2.05, 4.69) is 14.9 Å². The van der Waals surface area contributed by atoms with Crippen molar-refractivity contribution in [3.8, 4) is 0 Å². The lowest BCUT2D eigenvalue weighted by molar-refractivity contribution is -0.149. The van der Waals surface area contributed by atoms with Crippen LogP contribution in [0.2, 0.25) is 4.34 Å². The van der Waals surface area contributed by atoms with Gasteiger partial charge in [0.1, 0.15) is 28.7 Å². The zero-order valence-electron chi connectivity index (χ0n) is 13.1. The van der Waals surface area contributed by atoms with E-state index in [4.69, 9.17) is 16.3 Å². The number of carbonyl (C=O) groups is 3. The molecule has 1 saturated heterocycles. The molecule has 1 aromatic heterocycles. The second-order valence-electron chi connectivity index (χ2n) is 6.09. The molecule has 0 bridgehead atoms. The van der Waals surface area contributed by atoms with Crippen LogP contribution in [0, 0.1) is 5.92 Å². The van der Waals surface area contributed by atoms with Gasteiger partial charge in [-0.1, -0.05) is 35.9 Å². The molecule has 1 saturated carbocycles. The second kappa shape index (κ2) is 6.64. The molecule has 1 N–H and O–H groups in total. The average Bonchev–Trinajstić information content (AvgIpc) is 3.06. The van der Waals surface area contributed by atoms with E-state index in [1.807, 2.05) is 6.92 Å². The zero-order chi connectivity index (χ0) is 17.3. The number of aromatic nitrogens is 2. The summed E-state index contributed by atoms with van der Waals surface area (Å²) in [5.41, 5.74) is -0.526. The normalized spacial score (nSPS) is 26.8. The van der Waals surface area contributed by atoms with E-state index in [0.717, 1.165) is 35.7 Å². The van der Waals surface area contributed by atoms with Gasteiger partial charge in [-0.25, -0.2) is 4.79 Å². The zero-order valence-corrected chi connectivity index (χ0v) is 14.7. The van der Waals surface area contributed by atoms with Crippen molar-refractivity contribution >= 4 is 41.0 Å². The maximum absolute atomic E-state index is 12.7. The summed E-state index contributed by atoms with van der Waals surface area (Å²) in [5.74, 6) is -0.989. The summed E-state index contributed by atoms with van der Waals surface area (Å²) < 4.78 is 9.01.